The highest BCUT2D eigenvalue weighted by Gasteiger charge is 2.49. The summed E-state index contributed by atoms with van der Waals surface area (Å²) in [5, 5.41) is 14.1. The number of ketones is 1. The number of aliphatic hydroxyl groups excluding tert-OH is 1. The molecule has 0 radical (unpaired) electrons. The van der Waals surface area contributed by atoms with Gasteiger partial charge in [0, 0.05) is 41.9 Å². The number of Topliss-reactive ketones (excluding diaryl/α,β-unsaturated/α-hetero) is 1. The number of fused-ring (bicyclic) bond motifs is 1. The quantitative estimate of drug-likeness (QED) is 0.537. The van der Waals surface area contributed by atoms with Crippen molar-refractivity contribution >= 4 is 5.78 Å². The minimum atomic E-state index is -0.789. The predicted octanol–water partition coefficient (Wildman–Crippen LogP) is 1.56. The van der Waals surface area contributed by atoms with Crippen LogP contribution in [0.15, 0.2) is 47.9 Å². The van der Waals surface area contributed by atoms with Crippen LogP contribution in [0, 0.1) is 5.92 Å². The first kappa shape index (κ1) is 21.7. The molecule has 1 aromatic carbocycles. The van der Waals surface area contributed by atoms with E-state index in [1.165, 1.54) is 0 Å². The van der Waals surface area contributed by atoms with Gasteiger partial charge in [-0.05, 0) is 41.7 Å². The Morgan fingerprint density at radius 3 is 2.42 bits per heavy atom. The van der Waals surface area contributed by atoms with Gasteiger partial charge in [0.05, 0.1) is 27.5 Å². The second-order valence-corrected chi connectivity index (χ2v) is 8.58. The van der Waals surface area contributed by atoms with Gasteiger partial charge in [0.2, 0.25) is 5.75 Å². The van der Waals surface area contributed by atoms with E-state index >= 15 is 0 Å². The molecule has 9 nitrogen and oxygen atoms in total. The molecule has 0 saturated carbocycles. The van der Waals surface area contributed by atoms with E-state index in [4.69, 9.17) is 14.2 Å². The minimum absolute atomic E-state index is 0.0529. The van der Waals surface area contributed by atoms with Crippen LogP contribution in [-0.4, -0.2) is 49.6 Å². The highest BCUT2D eigenvalue weighted by atomic mass is 16.5. The topological polar surface area (TPSA) is 114 Å². The number of pyridine rings is 1. The molecule has 174 valence electrons. The predicted molar refractivity (Wildman–Crippen MR) is 120 cm³/mol. The molecular formula is C24H28N4O5. The average Bonchev–Trinajstić information content (AvgIpc) is 3.22. The van der Waals surface area contributed by atoms with Gasteiger partial charge in [-0.2, -0.15) is 0 Å². The van der Waals surface area contributed by atoms with Crippen molar-refractivity contribution in [2.75, 3.05) is 21.3 Å². The second kappa shape index (κ2) is 8.66. The van der Waals surface area contributed by atoms with E-state index < -0.39 is 6.23 Å². The zero-order chi connectivity index (χ0) is 23.1. The first-order valence-electron chi connectivity index (χ1n) is 11.0. The first-order chi connectivity index (χ1) is 16.0. The van der Waals surface area contributed by atoms with E-state index in [-0.39, 0.29) is 29.7 Å². The Morgan fingerprint density at radius 2 is 1.79 bits per heavy atom. The summed E-state index contributed by atoms with van der Waals surface area (Å²) in [6.45, 7) is 0. The normalized spacial score (nSPS) is 28.6. The number of allylic oxidation sites excluding steroid dienone is 2. The van der Waals surface area contributed by atoms with E-state index in [2.05, 4.69) is 21.2 Å². The number of benzene rings is 1. The molecule has 1 saturated heterocycles. The summed E-state index contributed by atoms with van der Waals surface area (Å²) < 4.78 is 16.5. The first-order valence-corrected chi connectivity index (χ1v) is 11.0. The fourth-order valence-corrected chi connectivity index (χ4v) is 5.39. The van der Waals surface area contributed by atoms with E-state index in [0.717, 1.165) is 22.4 Å². The van der Waals surface area contributed by atoms with Gasteiger partial charge in [-0.3, -0.25) is 9.78 Å². The molecule has 2 aromatic rings. The molecule has 1 fully saturated rings. The maximum atomic E-state index is 13.6. The average molecular weight is 453 g/mol. The lowest BCUT2D eigenvalue weighted by Crippen LogP contribution is -2.51. The molecule has 3 heterocycles. The number of methoxy groups -OCH3 is 3. The fourth-order valence-electron chi connectivity index (χ4n) is 5.39. The van der Waals surface area contributed by atoms with E-state index in [0.29, 0.717) is 30.1 Å². The van der Waals surface area contributed by atoms with Gasteiger partial charge < -0.3 is 24.6 Å². The lowest BCUT2D eigenvalue weighted by Gasteiger charge is -2.41. The van der Waals surface area contributed by atoms with Crippen molar-refractivity contribution in [1.29, 1.82) is 0 Å². The van der Waals surface area contributed by atoms with Gasteiger partial charge in [0.1, 0.15) is 6.23 Å². The van der Waals surface area contributed by atoms with Crippen molar-refractivity contribution in [2.45, 2.75) is 37.1 Å². The van der Waals surface area contributed by atoms with E-state index in [9.17, 15) is 9.90 Å². The molecular weight excluding hydrogens is 424 g/mol. The fraction of sp³-hybridized carbons (Fsp3) is 0.417. The number of carbonyl (C=O) groups is 1. The monoisotopic (exact) mass is 452 g/mol. The Hall–Kier alpha value is -3.14. The molecule has 9 heteroatoms. The van der Waals surface area contributed by atoms with Gasteiger partial charge in [0.25, 0.3) is 0 Å². The Labute approximate surface area is 192 Å². The van der Waals surface area contributed by atoms with Crippen molar-refractivity contribution in [2.24, 2.45) is 5.92 Å². The summed E-state index contributed by atoms with van der Waals surface area (Å²) in [5.41, 5.74) is 9.53. The van der Waals surface area contributed by atoms with Gasteiger partial charge in [-0.1, -0.05) is 6.07 Å². The van der Waals surface area contributed by atoms with Crippen LogP contribution in [0.3, 0.4) is 0 Å². The standard InChI is InChI=1S/C24H28N4O5/c1-31-17-9-14(10-18(32-2)22(17)33-3)13-7-15-20(16(29)8-13)19(12-5-4-6-25-11-12)21-23(26-15)27-28-24(21)30/h4-6,9-11,13,19,21,23-24,26-28,30H,7-8H2,1-3H3/t13-,19-,21?,23?,24?/m1/s1. The van der Waals surface area contributed by atoms with Crippen molar-refractivity contribution in [1.82, 2.24) is 21.2 Å². The Morgan fingerprint density at radius 1 is 1.03 bits per heavy atom. The minimum Gasteiger partial charge on any atom is -0.493 e. The highest BCUT2D eigenvalue weighted by molar-refractivity contribution is 5.99. The molecule has 3 aliphatic rings. The number of hydrogen-bond donors (Lipinski definition) is 4. The van der Waals surface area contributed by atoms with E-state index in [1.807, 2.05) is 24.3 Å². The van der Waals surface area contributed by atoms with Crippen LogP contribution in [-0.2, 0) is 4.79 Å². The number of ether oxygens (including phenoxy) is 3. The molecule has 0 spiro atoms. The molecule has 33 heavy (non-hydrogen) atoms. The molecule has 2 aliphatic heterocycles. The molecule has 5 atom stereocenters. The second-order valence-electron chi connectivity index (χ2n) is 8.58. The summed E-state index contributed by atoms with van der Waals surface area (Å²) in [7, 11) is 4.73. The van der Waals surface area contributed by atoms with Crippen molar-refractivity contribution < 1.29 is 24.1 Å². The van der Waals surface area contributed by atoms with Crippen molar-refractivity contribution in [3.8, 4) is 17.2 Å². The summed E-state index contributed by atoms with van der Waals surface area (Å²) in [6, 6.07) is 7.65. The van der Waals surface area contributed by atoms with E-state index in [1.54, 1.807) is 33.7 Å². The van der Waals surface area contributed by atoms with Crippen LogP contribution < -0.4 is 30.4 Å². The molecule has 0 bridgehead atoms. The largest absolute Gasteiger partial charge is 0.493 e. The SMILES string of the molecule is COc1cc([C@H]2CC(=O)C3=C(C2)NC2NNC(O)C2[C@@H]3c2cccnc2)cc(OC)c1OC. The third-order valence-corrected chi connectivity index (χ3v) is 6.87. The number of carbonyl (C=O) groups excluding carboxylic acids is 1. The number of rotatable bonds is 5. The molecule has 3 unspecified atom stereocenters. The lowest BCUT2D eigenvalue weighted by molar-refractivity contribution is -0.117. The van der Waals surface area contributed by atoms with Gasteiger partial charge in [-0.25, -0.2) is 10.9 Å². The molecule has 1 aliphatic carbocycles. The third-order valence-electron chi connectivity index (χ3n) is 6.87. The smallest absolute Gasteiger partial charge is 0.203 e. The van der Waals surface area contributed by atoms with Crippen LogP contribution in [0.1, 0.15) is 35.8 Å². The number of hydrogen-bond acceptors (Lipinski definition) is 9. The zero-order valence-electron chi connectivity index (χ0n) is 18.8. The maximum Gasteiger partial charge on any atom is 0.203 e. The summed E-state index contributed by atoms with van der Waals surface area (Å²) >= 11 is 0. The zero-order valence-corrected chi connectivity index (χ0v) is 18.8. The van der Waals surface area contributed by atoms with Crippen LogP contribution in [0.25, 0.3) is 0 Å². The Bertz CT molecular complexity index is 1060. The van der Waals surface area contributed by atoms with Gasteiger partial charge in [0.15, 0.2) is 17.3 Å². The number of aliphatic hydroxyl groups is 1. The molecule has 4 N–H and O–H groups in total. The maximum absolute atomic E-state index is 13.6. The molecule has 0 amide bonds. The summed E-state index contributed by atoms with van der Waals surface area (Å²) in [4.78, 5) is 17.9. The number of nitrogens with zero attached hydrogens (tertiary/aromatic N) is 1. The summed E-state index contributed by atoms with van der Waals surface area (Å²) in [6.07, 6.45) is 3.49. The number of nitrogens with one attached hydrogen (secondary N) is 3. The van der Waals surface area contributed by atoms with Crippen LogP contribution in [0.4, 0.5) is 0 Å². The number of aromatic nitrogens is 1. The van der Waals surface area contributed by atoms with Crippen LogP contribution >= 0.6 is 0 Å². The van der Waals surface area contributed by atoms with Gasteiger partial charge >= 0.3 is 0 Å². The third kappa shape index (κ3) is 3.62. The Kier molecular flexibility index (Phi) is 5.69. The van der Waals surface area contributed by atoms with Crippen molar-refractivity contribution in [3.63, 3.8) is 0 Å². The molecule has 1 aromatic heterocycles. The van der Waals surface area contributed by atoms with Crippen LogP contribution in [0.5, 0.6) is 17.2 Å². The summed E-state index contributed by atoms with van der Waals surface area (Å²) in [5.74, 6) is 1.16. The van der Waals surface area contributed by atoms with Crippen molar-refractivity contribution in [3.05, 3.63) is 59.1 Å². The lowest BCUT2D eigenvalue weighted by atomic mass is 9.69. The Balaban J connectivity index is 1.55. The molecule has 5 rings (SSSR count). The van der Waals surface area contributed by atoms with Gasteiger partial charge in [-0.15, -0.1) is 0 Å². The highest BCUT2D eigenvalue weighted by Crippen LogP contribution is 2.48. The van der Waals surface area contributed by atoms with Crippen LogP contribution in [0.2, 0.25) is 0 Å². The number of hydrazine groups is 1.